The number of amides is 1. The first-order valence-corrected chi connectivity index (χ1v) is 6.55. The second-order valence-corrected chi connectivity index (χ2v) is 4.55. The van der Waals surface area contributed by atoms with Crippen LogP contribution in [0, 0.1) is 11.3 Å². The number of ether oxygens (including phenoxy) is 1. The summed E-state index contributed by atoms with van der Waals surface area (Å²) in [7, 11) is 0. The minimum Gasteiger partial charge on any atom is -0.376 e. The van der Waals surface area contributed by atoms with E-state index in [1.165, 1.54) is 4.90 Å². The fraction of sp³-hybridized carbons (Fsp3) is 0.286. The van der Waals surface area contributed by atoms with Gasteiger partial charge in [0, 0.05) is 18.9 Å². The number of pyridine rings is 1. The molecule has 7 heteroatoms. The first-order chi connectivity index (χ1) is 10.3. The summed E-state index contributed by atoms with van der Waals surface area (Å²) in [5, 5.41) is 13.2. The van der Waals surface area contributed by atoms with Crippen molar-refractivity contribution in [2.24, 2.45) is 0 Å². The molecule has 2 aromatic rings. The van der Waals surface area contributed by atoms with E-state index in [9.17, 15) is 4.79 Å². The van der Waals surface area contributed by atoms with Gasteiger partial charge in [0.2, 0.25) is 0 Å². The standard InChI is InChI=1S/C14H13N5O2/c15-9-11-10-21-8-7-18(11)14(20)12-3-1-4-13(17-12)19-6-2-5-16-19/h1-6,11H,7-8,10H2/t11-/m0/s1. The smallest absolute Gasteiger partial charge is 0.273 e. The van der Waals surface area contributed by atoms with Crippen LogP contribution in [-0.2, 0) is 4.74 Å². The first kappa shape index (κ1) is 13.3. The molecule has 7 nitrogen and oxygen atoms in total. The zero-order valence-electron chi connectivity index (χ0n) is 11.2. The third kappa shape index (κ3) is 2.61. The summed E-state index contributed by atoms with van der Waals surface area (Å²) in [4.78, 5) is 18.3. The monoisotopic (exact) mass is 283 g/mol. The Balaban J connectivity index is 1.88. The lowest BCUT2D eigenvalue weighted by Crippen LogP contribution is -2.48. The van der Waals surface area contributed by atoms with Crippen molar-refractivity contribution in [2.75, 3.05) is 19.8 Å². The highest BCUT2D eigenvalue weighted by Crippen LogP contribution is 2.12. The number of carbonyl (C=O) groups is 1. The zero-order chi connectivity index (χ0) is 14.7. The van der Waals surface area contributed by atoms with E-state index >= 15 is 0 Å². The Morgan fingerprint density at radius 1 is 1.43 bits per heavy atom. The number of nitriles is 1. The molecule has 1 amide bonds. The van der Waals surface area contributed by atoms with E-state index in [1.807, 2.05) is 0 Å². The number of aromatic nitrogens is 3. The molecule has 0 saturated carbocycles. The normalized spacial score (nSPS) is 18.2. The van der Waals surface area contributed by atoms with E-state index in [0.717, 1.165) is 0 Å². The van der Waals surface area contributed by atoms with E-state index in [4.69, 9.17) is 10.00 Å². The highest BCUT2D eigenvalue weighted by molar-refractivity contribution is 5.93. The van der Waals surface area contributed by atoms with Crippen LogP contribution in [0.4, 0.5) is 0 Å². The molecule has 0 aromatic carbocycles. The van der Waals surface area contributed by atoms with E-state index in [-0.39, 0.29) is 12.5 Å². The van der Waals surface area contributed by atoms with Crippen LogP contribution in [0.1, 0.15) is 10.5 Å². The van der Waals surface area contributed by atoms with Crippen LogP contribution < -0.4 is 0 Å². The minimum absolute atomic E-state index is 0.237. The molecule has 0 spiro atoms. The summed E-state index contributed by atoms with van der Waals surface area (Å²) in [6, 6.07) is 8.45. The Morgan fingerprint density at radius 3 is 3.10 bits per heavy atom. The van der Waals surface area contributed by atoms with Gasteiger partial charge in [-0.15, -0.1) is 0 Å². The van der Waals surface area contributed by atoms with Crippen LogP contribution >= 0.6 is 0 Å². The average molecular weight is 283 g/mol. The summed E-state index contributed by atoms with van der Waals surface area (Å²) >= 11 is 0. The van der Waals surface area contributed by atoms with Gasteiger partial charge < -0.3 is 9.64 Å². The lowest BCUT2D eigenvalue weighted by Gasteiger charge is -2.31. The van der Waals surface area contributed by atoms with Crippen LogP contribution in [0.2, 0.25) is 0 Å². The Labute approximate surface area is 121 Å². The maximum Gasteiger partial charge on any atom is 0.273 e. The van der Waals surface area contributed by atoms with E-state index < -0.39 is 6.04 Å². The molecule has 1 aliphatic heterocycles. The molecule has 2 aromatic heterocycles. The van der Waals surface area contributed by atoms with Crippen molar-refractivity contribution in [3.63, 3.8) is 0 Å². The van der Waals surface area contributed by atoms with Crippen LogP contribution in [0.3, 0.4) is 0 Å². The van der Waals surface area contributed by atoms with Gasteiger partial charge in [-0.05, 0) is 18.2 Å². The number of nitrogens with zero attached hydrogens (tertiary/aromatic N) is 5. The van der Waals surface area contributed by atoms with Crippen LogP contribution in [-0.4, -0.2) is 51.4 Å². The second kappa shape index (κ2) is 5.73. The SMILES string of the molecule is N#C[C@H]1COCCN1C(=O)c1cccc(-n2cccn2)n1. The summed E-state index contributed by atoms with van der Waals surface area (Å²) < 4.78 is 6.80. The van der Waals surface area contributed by atoms with Gasteiger partial charge >= 0.3 is 0 Å². The molecule has 0 unspecified atom stereocenters. The van der Waals surface area contributed by atoms with Crippen molar-refractivity contribution in [1.82, 2.24) is 19.7 Å². The zero-order valence-corrected chi connectivity index (χ0v) is 11.2. The molecule has 0 bridgehead atoms. The molecule has 106 valence electrons. The largest absolute Gasteiger partial charge is 0.376 e. The number of hydrogen-bond acceptors (Lipinski definition) is 5. The fourth-order valence-electron chi connectivity index (χ4n) is 2.18. The van der Waals surface area contributed by atoms with Crippen molar-refractivity contribution in [3.8, 4) is 11.9 Å². The molecule has 1 aliphatic rings. The fourth-order valence-corrected chi connectivity index (χ4v) is 2.18. The Hall–Kier alpha value is -2.72. The van der Waals surface area contributed by atoms with Gasteiger partial charge in [0.15, 0.2) is 5.82 Å². The summed E-state index contributed by atoms with van der Waals surface area (Å²) in [6.07, 6.45) is 3.40. The molecular weight excluding hydrogens is 270 g/mol. The van der Waals surface area contributed by atoms with Gasteiger partial charge in [-0.1, -0.05) is 6.07 Å². The summed E-state index contributed by atoms with van der Waals surface area (Å²) in [5.74, 6) is 0.298. The van der Waals surface area contributed by atoms with Crippen molar-refractivity contribution < 1.29 is 9.53 Å². The highest BCUT2D eigenvalue weighted by atomic mass is 16.5. The quantitative estimate of drug-likeness (QED) is 0.807. The van der Waals surface area contributed by atoms with Gasteiger partial charge in [0.25, 0.3) is 5.91 Å². The Morgan fingerprint density at radius 2 is 2.33 bits per heavy atom. The Kier molecular flexibility index (Phi) is 3.62. The van der Waals surface area contributed by atoms with Crippen molar-refractivity contribution >= 4 is 5.91 Å². The van der Waals surface area contributed by atoms with Crippen LogP contribution in [0.5, 0.6) is 0 Å². The minimum atomic E-state index is -0.568. The molecular formula is C14H13N5O2. The topological polar surface area (TPSA) is 84.0 Å². The van der Waals surface area contributed by atoms with E-state index in [2.05, 4.69) is 16.2 Å². The molecule has 3 rings (SSSR count). The molecule has 0 N–H and O–H groups in total. The lowest BCUT2D eigenvalue weighted by molar-refractivity contribution is 0.0129. The molecule has 3 heterocycles. The van der Waals surface area contributed by atoms with Crippen molar-refractivity contribution in [3.05, 3.63) is 42.4 Å². The van der Waals surface area contributed by atoms with Crippen LogP contribution in [0.25, 0.3) is 5.82 Å². The highest BCUT2D eigenvalue weighted by Gasteiger charge is 2.28. The maximum absolute atomic E-state index is 12.5. The number of morpholine rings is 1. The number of rotatable bonds is 2. The van der Waals surface area contributed by atoms with Gasteiger partial charge in [-0.3, -0.25) is 4.79 Å². The average Bonchev–Trinajstić information content (AvgIpc) is 3.09. The van der Waals surface area contributed by atoms with Gasteiger partial charge in [-0.2, -0.15) is 10.4 Å². The van der Waals surface area contributed by atoms with E-state index in [0.29, 0.717) is 24.7 Å². The maximum atomic E-state index is 12.5. The molecule has 1 saturated heterocycles. The third-order valence-electron chi connectivity index (χ3n) is 3.23. The molecule has 1 atom stereocenters. The predicted octanol–water partition coefficient (Wildman–Crippen LogP) is 0.632. The predicted molar refractivity (Wildman–Crippen MR) is 72.6 cm³/mol. The van der Waals surface area contributed by atoms with Crippen molar-refractivity contribution in [2.45, 2.75) is 6.04 Å². The van der Waals surface area contributed by atoms with E-state index in [1.54, 1.807) is 41.3 Å². The Bertz CT molecular complexity index is 677. The third-order valence-corrected chi connectivity index (χ3v) is 3.23. The second-order valence-electron chi connectivity index (χ2n) is 4.55. The van der Waals surface area contributed by atoms with Gasteiger partial charge in [-0.25, -0.2) is 9.67 Å². The van der Waals surface area contributed by atoms with Crippen LogP contribution in [0.15, 0.2) is 36.7 Å². The van der Waals surface area contributed by atoms with Gasteiger partial charge in [0.05, 0.1) is 19.3 Å². The lowest BCUT2D eigenvalue weighted by atomic mass is 10.2. The van der Waals surface area contributed by atoms with Gasteiger partial charge in [0.1, 0.15) is 11.7 Å². The summed E-state index contributed by atoms with van der Waals surface area (Å²) in [5.41, 5.74) is 0.296. The molecule has 0 radical (unpaired) electrons. The number of hydrogen-bond donors (Lipinski definition) is 0. The summed E-state index contributed by atoms with van der Waals surface area (Å²) in [6.45, 7) is 1.06. The molecule has 1 fully saturated rings. The first-order valence-electron chi connectivity index (χ1n) is 6.55. The molecule has 21 heavy (non-hydrogen) atoms. The number of carbonyl (C=O) groups excluding carboxylic acids is 1. The van der Waals surface area contributed by atoms with Crippen molar-refractivity contribution in [1.29, 1.82) is 5.26 Å². The molecule has 0 aliphatic carbocycles.